The highest BCUT2D eigenvalue weighted by atomic mass is 35.5. The van der Waals surface area contributed by atoms with Crippen LogP contribution in [0, 0.1) is 0 Å². The van der Waals surface area contributed by atoms with Crippen molar-refractivity contribution in [3.8, 4) is 0 Å². The predicted molar refractivity (Wildman–Crippen MR) is 264 cm³/mol. The summed E-state index contributed by atoms with van der Waals surface area (Å²) in [6.45, 7) is -1.32. The lowest BCUT2D eigenvalue weighted by Gasteiger charge is -2.49. The number of amides is 2. The maximum Gasteiger partial charge on any atom is 0.338 e. The van der Waals surface area contributed by atoms with E-state index in [1.165, 1.54) is 48.5 Å². The Morgan fingerprint density at radius 1 is 0.507 bits per heavy atom. The average molecular weight is 1040 g/mol. The van der Waals surface area contributed by atoms with Crippen molar-refractivity contribution in [1.29, 1.82) is 0 Å². The smallest absolute Gasteiger partial charge is 0.338 e. The first kappa shape index (κ1) is 52.2. The number of fused-ring (bicyclic) bond motifs is 1. The highest BCUT2D eigenvalue weighted by Crippen LogP contribution is 2.39. The molecule has 6 aromatic rings. The van der Waals surface area contributed by atoms with Crippen LogP contribution in [-0.4, -0.2) is 121 Å². The lowest BCUT2D eigenvalue weighted by Crippen LogP contribution is -2.68. The molecular weight excluding hydrogens is 993 g/mol. The topological polar surface area (TPSA) is 189 Å². The number of halogens is 2. The van der Waals surface area contributed by atoms with Crippen molar-refractivity contribution >= 4 is 47.3 Å². The van der Waals surface area contributed by atoms with E-state index in [-0.39, 0.29) is 41.0 Å². The van der Waals surface area contributed by atoms with E-state index in [0.717, 1.165) is 10.5 Å². The maximum absolute atomic E-state index is 17.4. The second-order valence-corrected chi connectivity index (χ2v) is 17.7. The van der Waals surface area contributed by atoms with Crippen LogP contribution in [0.15, 0.2) is 176 Å². The van der Waals surface area contributed by atoms with Gasteiger partial charge in [0.1, 0.15) is 42.9 Å². The SMILES string of the molecule is O=C(CCl)OC[C@H]1O[C@@H](O[C@H]2[C@H](OCc3ccccc3)[C@@H](N3C(=O)c4ccccc4C3=O)[C@H](F)O[C@@H]2COCc2ccccc2)[C@H](OC(=O)c2ccccc2)[C@@H](OC(=O)c2ccccc2)[C@H]1OC(=O)c1ccccc1. The molecule has 0 saturated carbocycles. The van der Waals surface area contributed by atoms with Crippen LogP contribution in [0.2, 0.25) is 0 Å². The van der Waals surface area contributed by atoms with Gasteiger partial charge in [0, 0.05) is 0 Å². The number of hydrogen-bond acceptors (Lipinski definition) is 15. The molecule has 3 aliphatic heterocycles. The number of esters is 4. The molecule has 9 rings (SSSR count). The van der Waals surface area contributed by atoms with Crippen molar-refractivity contribution in [3.63, 3.8) is 0 Å². The fraction of sp³-hybridized carbons (Fsp3) is 0.263. The minimum Gasteiger partial charge on any atom is -0.462 e. The van der Waals surface area contributed by atoms with Crippen molar-refractivity contribution in [3.05, 3.63) is 215 Å². The largest absolute Gasteiger partial charge is 0.462 e. The predicted octanol–water partition coefficient (Wildman–Crippen LogP) is 7.72. The Morgan fingerprint density at radius 2 is 0.947 bits per heavy atom. The third-order valence-corrected chi connectivity index (χ3v) is 12.8. The number of carbonyl (C=O) groups is 6. The fourth-order valence-electron chi connectivity index (χ4n) is 8.94. The molecule has 75 heavy (non-hydrogen) atoms. The first-order chi connectivity index (χ1) is 36.6. The maximum atomic E-state index is 17.4. The van der Waals surface area contributed by atoms with Crippen molar-refractivity contribution < 1.29 is 75.8 Å². The molecule has 386 valence electrons. The zero-order valence-electron chi connectivity index (χ0n) is 39.9. The van der Waals surface area contributed by atoms with Crippen LogP contribution in [0.5, 0.6) is 0 Å². The Hall–Kier alpha value is -7.64. The minimum atomic E-state index is -2.42. The quantitative estimate of drug-likeness (QED) is 0.0332. The molecular formula is C57H49ClFNO15. The van der Waals surface area contributed by atoms with Crippen molar-refractivity contribution in [1.82, 2.24) is 4.90 Å². The molecule has 6 aromatic carbocycles. The average Bonchev–Trinajstić information content (AvgIpc) is 3.71. The second-order valence-electron chi connectivity index (χ2n) is 17.5. The van der Waals surface area contributed by atoms with E-state index in [9.17, 15) is 28.8 Å². The third kappa shape index (κ3) is 12.3. The molecule has 2 amide bonds. The van der Waals surface area contributed by atoms with Crippen LogP contribution in [-0.2, 0) is 60.6 Å². The molecule has 0 N–H and O–H groups in total. The summed E-state index contributed by atoms with van der Waals surface area (Å²) < 4.78 is 74.0. The van der Waals surface area contributed by atoms with Gasteiger partial charge in [-0.15, -0.1) is 11.6 Å². The zero-order chi connectivity index (χ0) is 52.3. The van der Waals surface area contributed by atoms with Gasteiger partial charge in [-0.2, -0.15) is 0 Å². The number of rotatable bonds is 19. The Labute approximate surface area is 435 Å². The van der Waals surface area contributed by atoms with E-state index in [1.807, 2.05) is 30.3 Å². The van der Waals surface area contributed by atoms with Gasteiger partial charge in [0.2, 0.25) is 6.36 Å². The van der Waals surface area contributed by atoms with Crippen LogP contribution in [0.1, 0.15) is 62.9 Å². The number of alkyl halides is 2. The second kappa shape index (κ2) is 24.6. The van der Waals surface area contributed by atoms with Gasteiger partial charge in [-0.05, 0) is 59.7 Å². The third-order valence-electron chi connectivity index (χ3n) is 12.6. The van der Waals surface area contributed by atoms with Gasteiger partial charge < -0.3 is 42.6 Å². The van der Waals surface area contributed by atoms with Crippen molar-refractivity contribution in [2.45, 2.75) is 74.6 Å². The lowest BCUT2D eigenvalue weighted by atomic mass is 9.94. The summed E-state index contributed by atoms with van der Waals surface area (Å²) in [4.78, 5) is 84.9. The molecule has 0 radical (unpaired) electrons. The zero-order valence-corrected chi connectivity index (χ0v) is 40.6. The monoisotopic (exact) mass is 1040 g/mol. The molecule has 0 aliphatic carbocycles. The first-order valence-electron chi connectivity index (χ1n) is 23.9. The normalized spacial score (nSPS) is 24.2. The van der Waals surface area contributed by atoms with Crippen molar-refractivity contribution in [2.75, 3.05) is 19.1 Å². The van der Waals surface area contributed by atoms with Gasteiger partial charge in [-0.1, -0.05) is 127 Å². The molecule has 2 fully saturated rings. The van der Waals surface area contributed by atoms with E-state index in [2.05, 4.69) is 0 Å². The lowest BCUT2D eigenvalue weighted by molar-refractivity contribution is -0.345. The van der Waals surface area contributed by atoms with E-state index in [4.69, 9.17) is 54.2 Å². The van der Waals surface area contributed by atoms with E-state index in [0.29, 0.717) is 5.56 Å². The fourth-order valence-corrected chi connectivity index (χ4v) is 9.02. The summed E-state index contributed by atoms with van der Waals surface area (Å²) in [5, 5.41) is 0. The molecule has 3 aliphatic rings. The molecule has 0 unspecified atom stereocenters. The van der Waals surface area contributed by atoms with Crippen LogP contribution < -0.4 is 0 Å². The molecule has 0 aromatic heterocycles. The van der Waals surface area contributed by atoms with Crippen molar-refractivity contribution in [2.24, 2.45) is 0 Å². The molecule has 0 bridgehead atoms. The van der Waals surface area contributed by atoms with E-state index < -0.39 is 116 Å². The standard InChI is InChI=1S/C57H49ClFNO15/c58-30-44(61)68-34-43-47(72-54(64)37-22-10-3-11-23-37)49(73-55(65)38-24-12-4-13-25-38)50(74-56(66)39-26-14-5-15-27-39)57(71-43)75-46-42(33-67-31-35-18-6-1-7-19-35)70-51(59)45(48(46)69-32-36-20-8-2-9-21-36)60-52(62)40-28-16-17-29-41(40)53(60)63/h1-29,42-43,45-51,57H,30-34H2/t42-,43-,45-,46-,47+,48-,49+,50-,51-,57+/m1/s1. The molecule has 18 heteroatoms. The van der Waals surface area contributed by atoms with E-state index in [1.54, 1.807) is 97.1 Å². The summed E-state index contributed by atoms with van der Waals surface area (Å²) in [6, 6.07) is 45.4. The van der Waals surface area contributed by atoms with Crippen LogP contribution >= 0.6 is 11.6 Å². The molecule has 2 saturated heterocycles. The van der Waals surface area contributed by atoms with Crippen LogP contribution in [0.3, 0.4) is 0 Å². The molecule has 16 nitrogen and oxygen atoms in total. The van der Waals surface area contributed by atoms with Gasteiger partial charge in [0.25, 0.3) is 11.8 Å². The summed E-state index contributed by atoms with van der Waals surface area (Å²) in [7, 11) is 0. The van der Waals surface area contributed by atoms with E-state index >= 15 is 4.39 Å². The minimum absolute atomic E-state index is 0.0129. The van der Waals surface area contributed by atoms with Crippen LogP contribution in [0.4, 0.5) is 4.39 Å². The molecule has 0 spiro atoms. The Balaban J connectivity index is 1.18. The van der Waals surface area contributed by atoms with Gasteiger partial charge >= 0.3 is 23.9 Å². The summed E-state index contributed by atoms with van der Waals surface area (Å²) in [6.07, 6.45) is -16.2. The number of nitrogens with zero attached hydrogens (tertiary/aromatic N) is 1. The highest BCUT2D eigenvalue weighted by molar-refractivity contribution is 6.26. The van der Waals surface area contributed by atoms with Gasteiger partial charge in [0.05, 0.1) is 47.6 Å². The first-order valence-corrected chi connectivity index (χ1v) is 24.5. The summed E-state index contributed by atoms with van der Waals surface area (Å²) in [5.41, 5.74) is 1.52. The summed E-state index contributed by atoms with van der Waals surface area (Å²) >= 11 is 5.87. The van der Waals surface area contributed by atoms with Gasteiger partial charge in [0.15, 0.2) is 24.6 Å². The Morgan fingerprint density at radius 3 is 1.45 bits per heavy atom. The van der Waals surface area contributed by atoms with Gasteiger partial charge in [-0.3, -0.25) is 19.3 Å². The summed E-state index contributed by atoms with van der Waals surface area (Å²) in [5.74, 6) is -6.07. The number of hydrogen-bond donors (Lipinski definition) is 0. The number of ether oxygens (including phenoxy) is 9. The Kier molecular flexibility index (Phi) is 17.1. The number of carbonyl (C=O) groups excluding carboxylic acids is 6. The number of imide groups is 1. The molecule has 10 atom stereocenters. The van der Waals surface area contributed by atoms with Gasteiger partial charge in [-0.25, -0.2) is 18.8 Å². The number of benzene rings is 6. The Bertz CT molecular complexity index is 2890. The highest BCUT2D eigenvalue weighted by Gasteiger charge is 2.59. The van der Waals surface area contributed by atoms with Crippen LogP contribution in [0.25, 0.3) is 0 Å². The molecule has 3 heterocycles.